The molecule has 0 aliphatic carbocycles. The molecule has 0 saturated heterocycles. The topological polar surface area (TPSA) is 0 Å². The van der Waals surface area contributed by atoms with E-state index < -0.39 is 11.8 Å². The lowest BCUT2D eigenvalue weighted by molar-refractivity contribution is 0.0694. The zero-order valence-corrected chi connectivity index (χ0v) is 8.14. The average Bonchev–Trinajstić information content (AvgIpc) is 2.04. The molecule has 2 heteroatoms. The van der Waals surface area contributed by atoms with Crippen LogP contribution in [0.1, 0.15) is 25.0 Å². The zero-order valence-electron chi connectivity index (χ0n) is 8.14. The Morgan fingerprint density at radius 3 is 1.92 bits per heavy atom. The van der Waals surface area contributed by atoms with Crippen LogP contribution in [0.4, 0.5) is 8.78 Å². The lowest BCUT2D eigenvalue weighted by atomic mass is 9.85. The summed E-state index contributed by atoms with van der Waals surface area (Å²) in [5.41, 5.74) is 0.732. The molecule has 0 fully saturated rings. The Kier molecular flexibility index (Phi) is 2.69. The smallest absolute Gasteiger partial charge is 0.210 e. The minimum absolute atomic E-state index is 0.688. The van der Waals surface area contributed by atoms with Gasteiger partial charge in [0.25, 0.3) is 0 Å². The van der Waals surface area contributed by atoms with Gasteiger partial charge in [-0.3, -0.25) is 0 Å². The molecule has 0 nitrogen and oxygen atoms in total. The molecule has 0 spiro atoms. The molecule has 0 bridgehead atoms. The van der Waals surface area contributed by atoms with Crippen LogP contribution in [0.3, 0.4) is 0 Å². The van der Waals surface area contributed by atoms with E-state index in [9.17, 15) is 8.78 Å². The Bertz CT molecular complexity index is 273. The summed E-state index contributed by atoms with van der Waals surface area (Å²) in [5.74, 6) is 0. The standard InChI is InChI=1S/C11H14F2/c1-8-4-6-9(7-5-8)11(2,3)10(12)13/h4-7,10H,1-3H3. The maximum atomic E-state index is 12.6. The van der Waals surface area contributed by atoms with E-state index in [4.69, 9.17) is 0 Å². The third-order valence-corrected chi connectivity index (χ3v) is 2.34. The SMILES string of the molecule is Cc1ccc(C(C)(C)C(F)F)cc1. The summed E-state index contributed by atoms with van der Waals surface area (Å²) in [6, 6.07) is 7.25. The van der Waals surface area contributed by atoms with Crippen molar-refractivity contribution in [3.63, 3.8) is 0 Å². The summed E-state index contributed by atoms with van der Waals surface area (Å²) in [7, 11) is 0. The molecule has 0 aliphatic heterocycles. The highest BCUT2D eigenvalue weighted by Crippen LogP contribution is 2.29. The second kappa shape index (κ2) is 3.44. The van der Waals surface area contributed by atoms with Gasteiger partial charge in [0.15, 0.2) is 0 Å². The monoisotopic (exact) mass is 184 g/mol. The maximum absolute atomic E-state index is 12.6. The van der Waals surface area contributed by atoms with Crippen LogP contribution in [-0.4, -0.2) is 6.43 Å². The third-order valence-electron chi connectivity index (χ3n) is 2.34. The van der Waals surface area contributed by atoms with Gasteiger partial charge < -0.3 is 0 Å². The molecule has 0 aliphatic rings. The second-order valence-corrected chi connectivity index (χ2v) is 3.89. The molecule has 0 amide bonds. The van der Waals surface area contributed by atoms with Crippen molar-refractivity contribution < 1.29 is 8.78 Å². The summed E-state index contributed by atoms with van der Waals surface area (Å²) >= 11 is 0. The van der Waals surface area contributed by atoms with E-state index in [1.54, 1.807) is 26.0 Å². The Morgan fingerprint density at radius 1 is 1.08 bits per heavy atom. The maximum Gasteiger partial charge on any atom is 0.247 e. The van der Waals surface area contributed by atoms with Gasteiger partial charge in [0.05, 0.1) is 5.41 Å². The molecule has 0 radical (unpaired) electrons. The normalized spacial score (nSPS) is 12.2. The fourth-order valence-corrected chi connectivity index (χ4v) is 1.11. The van der Waals surface area contributed by atoms with Gasteiger partial charge in [-0.05, 0) is 12.5 Å². The van der Waals surface area contributed by atoms with Gasteiger partial charge in [-0.15, -0.1) is 0 Å². The lowest BCUT2D eigenvalue weighted by Gasteiger charge is -2.24. The average molecular weight is 184 g/mol. The number of halogens is 2. The fourth-order valence-electron chi connectivity index (χ4n) is 1.11. The predicted molar refractivity (Wildman–Crippen MR) is 50.2 cm³/mol. The summed E-state index contributed by atoms with van der Waals surface area (Å²) in [6.45, 7) is 5.06. The van der Waals surface area contributed by atoms with Crippen LogP contribution < -0.4 is 0 Å². The first-order chi connectivity index (χ1) is 5.94. The molecule has 0 atom stereocenters. The molecular weight excluding hydrogens is 170 g/mol. The van der Waals surface area contributed by atoms with E-state index in [0.717, 1.165) is 5.56 Å². The summed E-state index contributed by atoms with van der Waals surface area (Å²) < 4.78 is 25.2. The van der Waals surface area contributed by atoms with Crippen molar-refractivity contribution in [3.8, 4) is 0 Å². The van der Waals surface area contributed by atoms with Gasteiger partial charge in [0.1, 0.15) is 0 Å². The van der Waals surface area contributed by atoms with Crippen molar-refractivity contribution in [2.75, 3.05) is 0 Å². The van der Waals surface area contributed by atoms with Crippen molar-refractivity contribution in [3.05, 3.63) is 35.4 Å². The highest BCUT2D eigenvalue weighted by atomic mass is 19.3. The highest BCUT2D eigenvalue weighted by molar-refractivity contribution is 5.27. The number of rotatable bonds is 2. The minimum Gasteiger partial charge on any atom is -0.210 e. The molecule has 0 saturated carbocycles. The quantitative estimate of drug-likeness (QED) is 0.659. The second-order valence-electron chi connectivity index (χ2n) is 3.89. The fraction of sp³-hybridized carbons (Fsp3) is 0.455. The minimum atomic E-state index is -2.32. The molecule has 1 rings (SSSR count). The van der Waals surface area contributed by atoms with E-state index in [-0.39, 0.29) is 0 Å². The van der Waals surface area contributed by atoms with Crippen molar-refractivity contribution in [2.24, 2.45) is 0 Å². The third kappa shape index (κ3) is 2.06. The van der Waals surface area contributed by atoms with Gasteiger partial charge in [0, 0.05) is 0 Å². The number of hydrogen-bond donors (Lipinski definition) is 0. The van der Waals surface area contributed by atoms with Gasteiger partial charge >= 0.3 is 0 Å². The van der Waals surface area contributed by atoms with Crippen LogP contribution in [0.2, 0.25) is 0 Å². The highest BCUT2D eigenvalue weighted by Gasteiger charge is 2.31. The van der Waals surface area contributed by atoms with E-state index in [2.05, 4.69) is 0 Å². The van der Waals surface area contributed by atoms with E-state index in [1.165, 1.54) is 0 Å². The Morgan fingerprint density at radius 2 is 1.54 bits per heavy atom. The van der Waals surface area contributed by atoms with Gasteiger partial charge in [0.2, 0.25) is 6.43 Å². The molecule has 72 valence electrons. The zero-order chi connectivity index (χ0) is 10.1. The van der Waals surface area contributed by atoms with Crippen LogP contribution in [0.5, 0.6) is 0 Å². The molecular formula is C11H14F2. The van der Waals surface area contributed by atoms with Crippen molar-refractivity contribution in [2.45, 2.75) is 32.6 Å². The first-order valence-electron chi connectivity index (χ1n) is 4.30. The summed E-state index contributed by atoms with van der Waals surface area (Å²) in [6.07, 6.45) is -2.32. The summed E-state index contributed by atoms with van der Waals surface area (Å²) in [4.78, 5) is 0. The Hall–Kier alpha value is -0.920. The van der Waals surface area contributed by atoms with Crippen LogP contribution in [0.25, 0.3) is 0 Å². The van der Waals surface area contributed by atoms with Crippen molar-refractivity contribution in [1.29, 1.82) is 0 Å². The molecule has 1 aromatic rings. The Balaban J connectivity index is 3.01. The van der Waals surface area contributed by atoms with Crippen LogP contribution in [-0.2, 0) is 5.41 Å². The number of alkyl halides is 2. The molecule has 0 aromatic heterocycles. The predicted octanol–water partition coefficient (Wildman–Crippen LogP) is 3.54. The number of benzene rings is 1. The molecule has 0 N–H and O–H groups in total. The largest absolute Gasteiger partial charge is 0.247 e. The lowest BCUT2D eigenvalue weighted by Crippen LogP contribution is -2.26. The van der Waals surface area contributed by atoms with Gasteiger partial charge in [-0.1, -0.05) is 43.7 Å². The van der Waals surface area contributed by atoms with Crippen LogP contribution in [0, 0.1) is 6.92 Å². The van der Waals surface area contributed by atoms with Crippen LogP contribution in [0.15, 0.2) is 24.3 Å². The summed E-state index contributed by atoms with van der Waals surface area (Å²) in [5, 5.41) is 0. The van der Waals surface area contributed by atoms with Crippen molar-refractivity contribution in [1.82, 2.24) is 0 Å². The van der Waals surface area contributed by atoms with Crippen molar-refractivity contribution >= 4 is 0 Å². The first-order valence-corrected chi connectivity index (χ1v) is 4.30. The Labute approximate surface area is 77.6 Å². The molecule has 0 heterocycles. The van der Waals surface area contributed by atoms with Crippen LogP contribution >= 0.6 is 0 Å². The van der Waals surface area contributed by atoms with E-state index in [0.29, 0.717) is 5.56 Å². The molecule has 13 heavy (non-hydrogen) atoms. The van der Waals surface area contributed by atoms with Gasteiger partial charge in [-0.2, -0.15) is 0 Å². The van der Waals surface area contributed by atoms with Gasteiger partial charge in [-0.25, -0.2) is 8.78 Å². The first kappa shape index (κ1) is 10.2. The van der Waals surface area contributed by atoms with E-state index in [1.807, 2.05) is 19.1 Å². The molecule has 0 unspecified atom stereocenters. The van der Waals surface area contributed by atoms with E-state index >= 15 is 0 Å². The molecule has 1 aromatic carbocycles. The number of hydrogen-bond acceptors (Lipinski definition) is 0. The number of aryl methyl sites for hydroxylation is 1.